The van der Waals surface area contributed by atoms with E-state index in [2.05, 4.69) is 55.6 Å². The van der Waals surface area contributed by atoms with E-state index >= 15 is 0 Å². The highest BCUT2D eigenvalue weighted by molar-refractivity contribution is 5.76. The molecule has 3 atom stereocenters. The van der Waals surface area contributed by atoms with Gasteiger partial charge in [-0.05, 0) is 70.6 Å². The van der Waals surface area contributed by atoms with E-state index in [0.29, 0.717) is 6.42 Å². The third kappa shape index (κ3) is 45.7. The number of carbonyl (C=O) groups is 1. The molecule has 0 bridgehead atoms. The van der Waals surface area contributed by atoms with Crippen LogP contribution in [-0.4, -0.2) is 46.1 Å². The zero-order chi connectivity index (χ0) is 43.0. The monoisotopic (exact) mass is 828 g/mol. The van der Waals surface area contributed by atoms with Crippen LogP contribution in [0.25, 0.3) is 0 Å². The standard InChI is InChI=1S/C54H101NO4/c1-3-5-7-9-11-13-15-17-19-21-23-25-26-27-28-29-31-33-35-37-39-41-43-45-47-51(57)49-54(59)55-52(50-56)53(58)48-46-44-42-40-38-36-34-32-30-24-22-20-18-16-14-12-10-8-6-4-2/h27-28,30,32,38,40,46,48,51-53,56-58H,3-26,29,31,33-37,39,41-45,47,49-50H2,1-2H3,(H,55,59)/b28-27-,32-30+,40-38+,48-46+. The van der Waals surface area contributed by atoms with Gasteiger partial charge in [0.15, 0.2) is 0 Å². The van der Waals surface area contributed by atoms with Gasteiger partial charge in [-0.1, -0.05) is 236 Å². The molecule has 0 aromatic carbocycles. The van der Waals surface area contributed by atoms with Crippen LogP contribution in [0.15, 0.2) is 48.6 Å². The predicted molar refractivity (Wildman–Crippen MR) is 259 cm³/mol. The minimum absolute atomic E-state index is 0.0000294. The zero-order valence-corrected chi connectivity index (χ0v) is 39.4. The van der Waals surface area contributed by atoms with Crippen molar-refractivity contribution in [3.63, 3.8) is 0 Å². The number of rotatable bonds is 47. The number of unbranched alkanes of at least 4 members (excludes halogenated alkanes) is 32. The van der Waals surface area contributed by atoms with Crippen molar-refractivity contribution < 1.29 is 20.1 Å². The van der Waals surface area contributed by atoms with Crippen LogP contribution in [0.1, 0.15) is 264 Å². The summed E-state index contributed by atoms with van der Waals surface area (Å²) < 4.78 is 0. The van der Waals surface area contributed by atoms with Crippen molar-refractivity contribution in [1.29, 1.82) is 0 Å². The van der Waals surface area contributed by atoms with E-state index in [4.69, 9.17) is 0 Å². The fourth-order valence-electron chi connectivity index (χ4n) is 7.84. The molecule has 0 aliphatic carbocycles. The van der Waals surface area contributed by atoms with Crippen LogP contribution in [0.5, 0.6) is 0 Å². The van der Waals surface area contributed by atoms with Gasteiger partial charge in [-0.25, -0.2) is 0 Å². The van der Waals surface area contributed by atoms with Crippen molar-refractivity contribution in [3.8, 4) is 0 Å². The van der Waals surface area contributed by atoms with Gasteiger partial charge in [0.1, 0.15) is 0 Å². The lowest BCUT2D eigenvalue weighted by Crippen LogP contribution is -2.45. The topological polar surface area (TPSA) is 89.8 Å². The molecule has 0 fully saturated rings. The van der Waals surface area contributed by atoms with E-state index in [-0.39, 0.29) is 18.9 Å². The van der Waals surface area contributed by atoms with E-state index in [0.717, 1.165) is 38.5 Å². The van der Waals surface area contributed by atoms with Crippen LogP contribution in [0, 0.1) is 0 Å². The lowest BCUT2D eigenvalue weighted by molar-refractivity contribution is -0.124. The Morgan fingerprint density at radius 3 is 1.08 bits per heavy atom. The fourth-order valence-corrected chi connectivity index (χ4v) is 7.84. The van der Waals surface area contributed by atoms with Crippen molar-refractivity contribution in [1.82, 2.24) is 5.32 Å². The molecule has 346 valence electrons. The third-order valence-corrected chi connectivity index (χ3v) is 11.8. The normalized spacial score (nSPS) is 13.8. The summed E-state index contributed by atoms with van der Waals surface area (Å²) in [5, 5.41) is 33.3. The molecule has 0 saturated carbocycles. The van der Waals surface area contributed by atoms with Gasteiger partial charge in [0.2, 0.25) is 5.91 Å². The smallest absolute Gasteiger partial charge is 0.222 e. The quantitative estimate of drug-likeness (QED) is 0.0363. The molecule has 0 heterocycles. The number of amides is 1. The molecular weight excluding hydrogens is 727 g/mol. The molecule has 5 heteroatoms. The highest BCUT2D eigenvalue weighted by Crippen LogP contribution is 2.16. The SMILES string of the molecule is CCCCCCCCCCCC/C=C/CC/C=C/CC/C=C/C(O)C(CO)NC(=O)CC(O)CCCCCCCCCC/C=C\CCCCCCCCCCCCCC. The summed E-state index contributed by atoms with van der Waals surface area (Å²) in [6, 6.07) is -0.770. The first-order valence-corrected chi connectivity index (χ1v) is 25.9. The first kappa shape index (κ1) is 57.3. The Morgan fingerprint density at radius 2 is 0.729 bits per heavy atom. The van der Waals surface area contributed by atoms with Crippen molar-refractivity contribution in [2.45, 2.75) is 283 Å². The van der Waals surface area contributed by atoms with E-state index in [1.807, 2.05) is 6.08 Å². The van der Waals surface area contributed by atoms with Gasteiger partial charge in [-0.3, -0.25) is 4.79 Å². The van der Waals surface area contributed by atoms with Crippen LogP contribution < -0.4 is 5.32 Å². The van der Waals surface area contributed by atoms with Crippen LogP contribution in [0.3, 0.4) is 0 Å². The first-order valence-electron chi connectivity index (χ1n) is 25.9. The molecule has 0 aromatic rings. The van der Waals surface area contributed by atoms with Crippen LogP contribution in [-0.2, 0) is 4.79 Å². The van der Waals surface area contributed by atoms with Crippen molar-refractivity contribution in [3.05, 3.63) is 48.6 Å². The van der Waals surface area contributed by atoms with Crippen molar-refractivity contribution in [2.75, 3.05) is 6.61 Å². The Kier molecular flexibility index (Phi) is 47.6. The van der Waals surface area contributed by atoms with E-state index in [1.54, 1.807) is 6.08 Å². The number of hydrogen-bond donors (Lipinski definition) is 4. The minimum Gasteiger partial charge on any atom is -0.394 e. The number of aliphatic hydroxyl groups is 3. The molecule has 59 heavy (non-hydrogen) atoms. The molecule has 5 nitrogen and oxygen atoms in total. The third-order valence-electron chi connectivity index (χ3n) is 11.8. The van der Waals surface area contributed by atoms with Gasteiger partial charge in [-0.2, -0.15) is 0 Å². The Hall–Kier alpha value is -1.69. The lowest BCUT2D eigenvalue weighted by Gasteiger charge is -2.21. The fraction of sp³-hybridized carbons (Fsp3) is 0.833. The number of allylic oxidation sites excluding steroid dienone is 7. The molecule has 3 unspecified atom stereocenters. The second kappa shape index (κ2) is 49.0. The van der Waals surface area contributed by atoms with Gasteiger partial charge in [0.25, 0.3) is 0 Å². The molecule has 0 aliphatic heterocycles. The average Bonchev–Trinajstić information content (AvgIpc) is 3.23. The average molecular weight is 828 g/mol. The molecule has 0 saturated heterocycles. The Balaban J connectivity index is 3.67. The molecule has 4 N–H and O–H groups in total. The second-order valence-corrected chi connectivity index (χ2v) is 17.8. The first-order chi connectivity index (χ1) is 29.0. The summed E-state index contributed by atoms with van der Waals surface area (Å²) in [6.07, 6.45) is 64.2. The van der Waals surface area contributed by atoms with Gasteiger partial charge < -0.3 is 20.6 Å². The molecule has 0 spiro atoms. The highest BCUT2D eigenvalue weighted by Gasteiger charge is 2.20. The van der Waals surface area contributed by atoms with E-state index in [9.17, 15) is 20.1 Å². The number of hydrogen-bond acceptors (Lipinski definition) is 4. The molecule has 0 rings (SSSR count). The van der Waals surface area contributed by atoms with Gasteiger partial charge in [0.05, 0.1) is 31.3 Å². The molecule has 0 radical (unpaired) electrons. The van der Waals surface area contributed by atoms with Gasteiger partial charge in [0, 0.05) is 0 Å². The second-order valence-electron chi connectivity index (χ2n) is 17.8. The summed E-state index contributed by atoms with van der Waals surface area (Å²) in [5.74, 6) is -0.330. The largest absolute Gasteiger partial charge is 0.394 e. The lowest BCUT2D eigenvalue weighted by atomic mass is 10.0. The summed E-state index contributed by atoms with van der Waals surface area (Å²) in [5.41, 5.74) is 0. The van der Waals surface area contributed by atoms with Crippen molar-refractivity contribution in [2.24, 2.45) is 0 Å². The molecule has 0 aromatic heterocycles. The highest BCUT2D eigenvalue weighted by atomic mass is 16.3. The Labute approximate surface area is 367 Å². The summed E-state index contributed by atoms with van der Waals surface area (Å²) in [7, 11) is 0. The predicted octanol–water partition coefficient (Wildman–Crippen LogP) is 15.7. The zero-order valence-electron chi connectivity index (χ0n) is 39.4. The van der Waals surface area contributed by atoms with Crippen molar-refractivity contribution >= 4 is 5.91 Å². The Morgan fingerprint density at radius 1 is 0.424 bits per heavy atom. The summed E-state index contributed by atoms with van der Waals surface area (Å²) >= 11 is 0. The Bertz CT molecular complexity index is 958. The maximum absolute atomic E-state index is 12.5. The number of aliphatic hydroxyl groups excluding tert-OH is 3. The molecule has 0 aliphatic rings. The van der Waals surface area contributed by atoms with Crippen LogP contribution in [0.4, 0.5) is 0 Å². The summed E-state index contributed by atoms with van der Waals surface area (Å²) in [6.45, 7) is 4.21. The van der Waals surface area contributed by atoms with Crippen LogP contribution >= 0.6 is 0 Å². The van der Waals surface area contributed by atoms with Gasteiger partial charge >= 0.3 is 0 Å². The minimum atomic E-state index is -0.962. The van der Waals surface area contributed by atoms with E-state index < -0.39 is 18.2 Å². The molecular formula is C54H101NO4. The number of nitrogens with one attached hydrogen (secondary N) is 1. The molecule has 1 amide bonds. The maximum atomic E-state index is 12.5. The summed E-state index contributed by atoms with van der Waals surface area (Å²) in [4.78, 5) is 12.5. The maximum Gasteiger partial charge on any atom is 0.222 e. The van der Waals surface area contributed by atoms with E-state index in [1.165, 1.54) is 199 Å². The van der Waals surface area contributed by atoms with Crippen LogP contribution in [0.2, 0.25) is 0 Å². The number of carbonyl (C=O) groups excluding carboxylic acids is 1. The van der Waals surface area contributed by atoms with Gasteiger partial charge in [-0.15, -0.1) is 0 Å².